The maximum Gasteiger partial charge on any atom is 0.305 e. The van der Waals surface area contributed by atoms with Crippen molar-refractivity contribution >= 4 is 56.5 Å². The fourth-order valence-corrected chi connectivity index (χ4v) is 7.81. The molecular weight excluding hydrogens is 572 g/mol. The number of aromatic amines is 1. The van der Waals surface area contributed by atoms with Crippen LogP contribution >= 0.6 is 39.0 Å². The summed E-state index contributed by atoms with van der Waals surface area (Å²) in [5, 5.41) is -0.0142. The first kappa shape index (κ1) is 24.2. The van der Waals surface area contributed by atoms with Gasteiger partial charge in [0.1, 0.15) is 17.6 Å². The fourth-order valence-electron chi connectivity index (χ4n) is 4.93. The summed E-state index contributed by atoms with van der Waals surface area (Å²) in [6.45, 7) is 2.31. The van der Waals surface area contributed by atoms with Crippen molar-refractivity contribution in [1.29, 1.82) is 0 Å². The van der Waals surface area contributed by atoms with Gasteiger partial charge in [0.05, 0.1) is 16.6 Å². The van der Waals surface area contributed by atoms with Crippen molar-refractivity contribution in [1.82, 2.24) is 4.98 Å². The molecule has 9 heteroatoms. The number of halogens is 1. The number of H-pyrrole nitrogens is 1. The van der Waals surface area contributed by atoms with Crippen LogP contribution in [0.15, 0.2) is 87.1 Å². The molecule has 0 bridgehead atoms. The minimum absolute atomic E-state index is 0.209. The van der Waals surface area contributed by atoms with Gasteiger partial charge in [0.2, 0.25) is 11.8 Å². The van der Waals surface area contributed by atoms with Crippen molar-refractivity contribution in [3.8, 4) is 5.75 Å². The molecule has 3 aromatic carbocycles. The predicted molar refractivity (Wildman–Crippen MR) is 149 cm³/mol. The number of thioether (sulfide) groups is 1. The van der Waals surface area contributed by atoms with Gasteiger partial charge in [-0.3, -0.25) is 14.4 Å². The van der Waals surface area contributed by atoms with E-state index in [1.54, 1.807) is 12.1 Å². The van der Waals surface area contributed by atoms with E-state index in [1.165, 1.54) is 16.7 Å². The van der Waals surface area contributed by atoms with E-state index in [4.69, 9.17) is 4.74 Å². The third-order valence-electron chi connectivity index (χ3n) is 6.66. The van der Waals surface area contributed by atoms with E-state index in [-0.39, 0.29) is 16.7 Å². The van der Waals surface area contributed by atoms with Crippen molar-refractivity contribution in [2.75, 3.05) is 4.90 Å². The van der Waals surface area contributed by atoms with Gasteiger partial charge in [-0.1, -0.05) is 87.1 Å². The second-order valence-electron chi connectivity index (χ2n) is 9.05. The number of aromatic nitrogens is 1. The van der Waals surface area contributed by atoms with Gasteiger partial charge in [-0.15, -0.1) is 0 Å². The minimum atomic E-state index is -0.675. The Balaban J connectivity index is 1.45. The number of benzene rings is 3. The van der Waals surface area contributed by atoms with Crippen LogP contribution in [0.25, 0.3) is 0 Å². The topological polar surface area (TPSA) is 79.5 Å². The van der Waals surface area contributed by atoms with Crippen LogP contribution in [0, 0.1) is 12.8 Å². The monoisotopic (exact) mass is 592 g/mol. The molecule has 3 heterocycles. The van der Waals surface area contributed by atoms with Crippen LogP contribution in [0.4, 0.5) is 5.69 Å². The molecule has 2 amide bonds. The summed E-state index contributed by atoms with van der Waals surface area (Å²) in [6.07, 6.45) is 0. The Morgan fingerprint density at radius 3 is 2.49 bits per heavy atom. The molecule has 1 saturated heterocycles. The average molecular weight is 594 g/mol. The summed E-state index contributed by atoms with van der Waals surface area (Å²) in [5.41, 5.74) is 3.38. The minimum Gasteiger partial charge on any atom is -0.489 e. The number of imide groups is 1. The zero-order valence-electron chi connectivity index (χ0n) is 19.6. The lowest BCUT2D eigenvalue weighted by atomic mass is 9.82. The van der Waals surface area contributed by atoms with Crippen LogP contribution in [-0.2, 0) is 16.2 Å². The number of hydrogen-bond donors (Lipinski definition) is 1. The highest BCUT2D eigenvalue weighted by molar-refractivity contribution is 9.10. The number of amides is 2. The number of anilines is 1. The molecule has 186 valence electrons. The number of nitrogens with one attached hydrogen (secondary N) is 1. The number of hydrogen-bond acceptors (Lipinski definition) is 6. The van der Waals surface area contributed by atoms with E-state index >= 15 is 0 Å². The van der Waals surface area contributed by atoms with Crippen molar-refractivity contribution in [2.24, 2.45) is 5.92 Å². The third kappa shape index (κ3) is 4.35. The SMILES string of the molecule is Cc1ccc(N2C(=O)C3Sc4[nH]c(=O)sc4C(c4cc(Br)ccc4OCc4ccccc4)C3C2=O)cc1. The van der Waals surface area contributed by atoms with Gasteiger partial charge < -0.3 is 9.72 Å². The number of carbonyl (C=O) groups excluding carboxylic acids is 2. The summed E-state index contributed by atoms with van der Waals surface area (Å²) < 4.78 is 7.09. The summed E-state index contributed by atoms with van der Waals surface area (Å²) in [7, 11) is 0. The summed E-state index contributed by atoms with van der Waals surface area (Å²) >= 11 is 5.93. The van der Waals surface area contributed by atoms with Gasteiger partial charge in [0, 0.05) is 20.8 Å². The molecule has 2 aliphatic heterocycles. The zero-order chi connectivity index (χ0) is 25.7. The Kier molecular flexibility index (Phi) is 6.30. The van der Waals surface area contributed by atoms with Gasteiger partial charge in [-0.2, -0.15) is 0 Å². The number of thiazole rings is 1. The maximum absolute atomic E-state index is 14.0. The van der Waals surface area contributed by atoms with Crippen LogP contribution in [0.5, 0.6) is 5.75 Å². The predicted octanol–water partition coefficient (Wildman–Crippen LogP) is 5.88. The van der Waals surface area contributed by atoms with Gasteiger partial charge in [0.15, 0.2) is 0 Å². The molecule has 3 unspecified atom stereocenters. The molecule has 0 radical (unpaired) electrons. The number of nitrogens with zero attached hydrogens (tertiary/aromatic N) is 1. The summed E-state index contributed by atoms with van der Waals surface area (Å²) in [5.74, 6) is -1.11. The molecule has 6 nitrogen and oxygen atoms in total. The highest BCUT2D eigenvalue weighted by Gasteiger charge is 2.56. The molecule has 3 atom stereocenters. The molecule has 0 saturated carbocycles. The van der Waals surface area contributed by atoms with Crippen LogP contribution in [0.3, 0.4) is 0 Å². The number of fused-ring (bicyclic) bond motifs is 2. The zero-order valence-corrected chi connectivity index (χ0v) is 22.9. The molecule has 1 N–H and O–H groups in total. The van der Waals surface area contributed by atoms with Crippen LogP contribution in [0.2, 0.25) is 0 Å². The van der Waals surface area contributed by atoms with Crippen molar-refractivity contribution in [3.05, 3.63) is 109 Å². The van der Waals surface area contributed by atoms with Crippen LogP contribution in [-0.4, -0.2) is 22.0 Å². The first-order chi connectivity index (χ1) is 17.9. The molecule has 1 fully saturated rings. The highest BCUT2D eigenvalue weighted by atomic mass is 79.9. The van der Waals surface area contributed by atoms with Gasteiger partial charge in [0.25, 0.3) is 0 Å². The van der Waals surface area contributed by atoms with Gasteiger partial charge in [-0.25, -0.2) is 4.90 Å². The Bertz CT molecular complexity index is 1570. The van der Waals surface area contributed by atoms with Crippen LogP contribution in [0.1, 0.15) is 27.5 Å². The lowest BCUT2D eigenvalue weighted by Gasteiger charge is -2.31. The second kappa shape index (κ2) is 9.63. The van der Waals surface area contributed by atoms with E-state index in [1.807, 2.05) is 67.6 Å². The number of carbonyl (C=O) groups is 2. The Labute approximate surface area is 229 Å². The van der Waals surface area contributed by atoms with Gasteiger partial charge >= 0.3 is 4.87 Å². The van der Waals surface area contributed by atoms with Crippen molar-refractivity contribution < 1.29 is 14.3 Å². The maximum atomic E-state index is 14.0. The van der Waals surface area contributed by atoms with Crippen molar-refractivity contribution in [2.45, 2.75) is 29.7 Å². The largest absolute Gasteiger partial charge is 0.489 e. The van der Waals surface area contributed by atoms with E-state index in [9.17, 15) is 14.4 Å². The number of aryl methyl sites for hydroxylation is 1. The Morgan fingerprint density at radius 1 is 0.973 bits per heavy atom. The van der Waals surface area contributed by atoms with E-state index in [0.29, 0.717) is 23.1 Å². The molecule has 0 aliphatic carbocycles. The van der Waals surface area contributed by atoms with E-state index < -0.39 is 17.1 Å². The lowest BCUT2D eigenvalue weighted by Crippen LogP contribution is -2.32. The quantitative estimate of drug-likeness (QED) is 0.293. The molecule has 2 aliphatic rings. The Hall–Kier alpha value is -3.14. The third-order valence-corrected chi connectivity index (χ3v) is 9.55. The molecule has 6 rings (SSSR count). The smallest absolute Gasteiger partial charge is 0.305 e. The normalized spacial score (nSPS) is 20.6. The summed E-state index contributed by atoms with van der Waals surface area (Å²) in [4.78, 5) is 44.8. The average Bonchev–Trinajstić information content (AvgIpc) is 3.39. The molecule has 1 aromatic heterocycles. The molecule has 37 heavy (non-hydrogen) atoms. The molecule has 4 aromatic rings. The molecule has 0 spiro atoms. The first-order valence-electron chi connectivity index (χ1n) is 11.7. The highest BCUT2D eigenvalue weighted by Crippen LogP contribution is 2.54. The van der Waals surface area contributed by atoms with E-state index in [2.05, 4.69) is 20.9 Å². The second-order valence-corrected chi connectivity index (χ2v) is 12.1. The number of ether oxygens (including phenoxy) is 1. The number of rotatable bonds is 5. The molecular formula is C28H21BrN2O4S2. The van der Waals surface area contributed by atoms with E-state index in [0.717, 1.165) is 37.4 Å². The lowest BCUT2D eigenvalue weighted by molar-refractivity contribution is -0.122. The van der Waals surface area contributed by atoms with Gasteiger partial charge in [-0.05, 0) is 42.8 Å². The van der Waals surface area contributed by atoms with Crippen molar-refractivity contribution in [3.63, 3.8) is 0 Å². The summed E-state index contributed by atoms with van der Waals surface area (Å²) in [6, 6.07) is 22.9. The Morgan fingerprint density at radius 2 is 1.73 bits per heavy atom. The first-order valence-corrected chi connectivity index (χ1v) is 14.2. The van der Waals surface area contributed by atoms with Crippen LogP contribution < -0.4 is 14.5 Å². The fraction of sp³-hybridized carbons (Fsp3) is 0.179. The standard InChI is InChI=1S/C28H21BrN2O4S2/c1-15-7-10-18(11-8-15)31-26(32)22-21(23-25(30-28(34)37-23)36-24(22)27(31)33)19-13-17(29)9-12-20(19)35-14-16-5-3-2-4-6-16/h2-13,21-22,24H,14H2,1H3,(H,30,34).